The molecular formula is C24H29ClN2O4. The number of fused-ring (bicyclic) bond motifs is 1. The maximum atomic E-state index is 13.2. The number of nitrogens with zero attached hydrogens (tertiary/aromatic N) is 1. The van der Waals surface area contributed by atoms with E-state index in [-0.39, 0.29) is 24.3 Å². The summed E-state index contributed by atoms with van der Waals surface area (Å²) in [5, 5.41) is 3.53. The molecule has 0 saturated heterocycles. The van der Waals surface area contributed by atoms with Gasteiger partial charge in [-0.1, -0.05) is 29.8 Å². The molecule has 3 rings (SSSR count). The normalized spacial score (nSPS) is 13.6. The first-order chi connectivity index (χ1) is 14.8. The minimum atomic E-state index is -0.592. The van der Waals surface area contributed by atoms with E-state index in [2.05, 4.69) is 5.32 Å². The van der Waals surface area contributed by atoms with Crippen molar-refractivity contribution >= 4 is 23.4 Å². The first-order valence-electron chi connectivity index (χ1n) is 10.6. The Morgan fingerprint density at radius 2 is 1.65 bits per heavy atom. The van der Waals surface area contributed by atoms with Crippen LogP contribution in [0.25, 0.3) is 0 Å². The van der Waals surface area contributed by atoms with Crippen molar-refractivity contribution < 1.29 is 19.1 Å². The van der Waals surface area contributed by atoms with Gasteiger partial charge in [0.2, 0.25) is 11.8 Å². The SMILES string of the molecule is CC(C)NC(=O)[C@H](C)N(Cc1ccc(Cl)cc1)C(=O)CCc1ccc2c(c1)OCCO2. The van der Waals surface area contributed by atoms with Gasteiger partial charge in [0.15, 0.2) is 11.5 Å². The quantitative estimate of drug-likeness (QED) is 0.668. The summed E-state index contributed by atoms with van der Waals surface area (Å²) in [4.78, 5) is 27.4. The van der Waals surface area contributed by atoms with Crippen molar-refractivity contribution in [2.24, 2.45) is 0 Å². The summed E-state index contributed by atoms with van der Waals surface area (Å²) >= 11 is 5.99. The molecule has 0 aromatic heterocycles. The van der Waals surface area contributed by atoms with Gasteiger partial charge in [-0.25, -0.2) is 0 Å². The summed E-state index contributed by atoms with van der Waals surface area (Å²) in [7, 11) is 0. The van der Waals surface area contributed by atoms with E-state index in [0.717, 1.165) is 16.9 Å². The molecule has 2 aromatic carbocycles. The number of amides is 2. The van der Waals surface area contributed by atoms with E-state index in [1.54, 1.807) is 24.0 Å². The lowest BCUT2D eigenvalue weighted by Crippen LogP contribution is -2.49. The third-order valence-corrected chi connectivity index (χ3v) is 5.35. The highest BCUT2D eigenvalue weighted by Gasteiger charge is 2.26. The Morgan fingerprint density at radius 1 is 1.00 bits per heavy atom. The number of rotatable bonds is 8. The van der Waals surface area contributed by atoms with E-state index in [9.17, 15) is 9.59 Å². The highest BCUT2D eigenvalue weighted by Crippen LogP contribution is 2.31. The average Bonchev–Trinajstić information content (AvgIpc) is 2.76. The monoisotopic (exact) mass is 444 g/mol. The third kappa shape index (κ3) is 6.37. The van der Waals surface area contributed by atoms with E-state index in [4.69, 9.17) is 21.1 Å². The van der Waals surface area contributed by atoms with Gasteiger partial charge in [-0.15, -0.1) is 0 Å². The molecule has 0 radical (unpaired) electrons. The van der Waals surface area contributed by atoms with Gasteiger partial charge in [0, 0.05) is 24.0 Å². The van der Waals surface area contributed by atoms with Crippen LogP contribution in [0.4, 0.5) is 0 Å². The van der Waals surface area contributed by atoms with E-state index in [1.165, 1.54) is 0 Å². The van der Waals surface area contributed by atoms with Crippen LogP contribution in [0.5, 0.6) is 11.5 Å². The molecule has 2 amide bonds. The van der Waals surface area contributed by atoms with Crippen molar-refractivity contribution in [3.63, 3.8) is 0 Å². The number of ether oxygens (including phenoxy) is 2. The van der Waals surface area contributed by atoms with E-state index in [0.29, 0.717) is 37.0 Å². The first kappa shape index (κ1) is 22.9. The first-order valence-corrected chi connectivity index (χ1v) is 10.9. The van der Waals surface area contributed by atoms with Gasteiger partial charge in [0.1, 0.15) is 19.3 Å². The van der Waals surface area contributed by atoms with Gasteiger partial charge in [-0.3, -0.25) is 9.59 Å². The van der Waals surface area contributed by atoms with Gasteiger partial charge < -0.3 is 19.7 Å². The van der Waals surface area contributed by atoms with Gasteiger partial charge >= 0.3 is 0 Å². The molecule has 1 aliphatic rings. The van der Waals surface area contributed by atoms with Crippen LogP contribution in [0.2, 0.25) is 5.02 Å². The van der Waals surface area contributed by atoms with Crippen LogP contribution in [0, 0.1) is 0 Å². The predicted octanol–water partition coefficient (Wildman–Crippen LogP) is 3.99. The summed E-state index contributed by atoms with van der Waals surface area (Å²) < 4.78 is 11.2. The molecule has 0 fully saturated rings. The number of halogens is 1. The second-order valence-electron chi connectivity index (χ2n) is 7.97. The fourth-order valence-electron chi connectivity index (χ4n) is 3.41. The largest absolute Gasteiger partial charge is 0.486 e. The average molecular weight is 445 g/mol. The van der Waals surface area contributed by atoms with Crippen LogP contribution < -0.4 is 14.8 Å². The zero-order valence-corrected chi connectivity index (χ0v) is 18.9. The summed E-state index contributed by atoms with van der Waals surface area (Å²) in [6, 6.07) is 12.5. The second-order valence-corrected chi connectivity index (χ2v) is 8.40. The van der Waals surface area contributed by atoms with Crippen molar-refractivity contribution in [2.75, 3.05) is 13.2 Å². The summed E-state index contributed by atoms with van der Waals surface area (Å²) in [6.45, 7) is 6.96. The number of nitrogens with one attached hydrogen (secondary N) is 1. The minimum absolute atomic E-state index is 0.000137. The van der Waals surface area contributed by atoms with Gasteiger partial charge in [0.05, 0.1) is 0 Å². The predicted molar refractivity (Wildman–Crippen MR) is 120 cm³/mol. The molecule has 6 nitrogen and oxygen atoms in total. The number of hydrogen-bond donors (Lipinski definition) is 1. The van der Waals surface area contributed by atoms with Crippen LogP contribution >= 0.6 is 11.6 Å². The Hall–Kier alpha value is -2.73. The Bertz CT molecular complexity index is 914. The molecular weight excluding hydrogens is 416 g/mol. The van der Waals surface area contributed by atoms with Crippen LogP contribution in [0.3, 0.4) is 0 Å². The van der Waals surface area contributed by atoms with Crippen LogP contribution in [0.1, 0.15) is 38.3 Å². The highest BCUT2D eigenvalue weighted by atomic mass is 35.5. The zero-order chi connectivity index (χ0) is 22.4. The van der Waals surface area contributed by atoms with Crippen molar-refractivity contribution in [3.05, 3.63) is 58.6 Å². The highest BCUT2D eigenvalue weighted by molar-refractivity contribution is 6.30. The summed E-state index contributed by atoms with van der Waals surface area (Å²) in [5.41, 5.74) is 1.91. The summed E-state index contributed by atoms with van der Waals surface area (Å²) in [6.07, 6.45) is 0.831. The van der Waals surface area contributed by atoms with Crippen LogP contribution in [0.15, 0.2) is 42.5 Å². The molecule has 166 valence electrons. The zero-order valence-electron chi connectivity index (χ0n) is 18.2. The molecule has 1 aliphatic heterocycles. The molecule has 1 atom stereocenters. The van der Waals surface area contributed by atoms with Gasteiger partial charge in [-0.05, 0) is 62.6 Å². The number of hydrogen-bond acceptors (Lipinski definition) is 4. The molecule has 31 heavy (non-hydrogen) atoms. The Labute approximate surface area is 188 Å². The Morgan fingerprint density at radius 3 is 2.32 bits per heavy atom. The van der Waals surface area contributed by atoms with Crippen LogP contribution in [-0.4, -0.2) is 42.0 Å². The fraction of sp³-hybridized carbons (Fsp3) is 0.417. The second kappa shape index (κ2) is 10.5. The van der Waals surface area contributed by atoms with Gasteiger partial charge in [-0.2, -0.15) is 0 Å². The smallest absolute Gasteiger partial charge is 0.242 e. The molecule has 0 saturated carbocycles. The molecule has 0 unspecified atom stereocenters. The van der Waals surface area contributed by atoms with E-state index in [1.807, 2.05) is 44.2 Å². The molecule has 7 heteroatoms. The number of carbonyl (C=O) groups is 2. The Kier molecular flexibility index (Phi) is 7.80. The molecule has 1 N–H and O–H groups in total. The van der Waals surface area contributed by atoms with E-state index >= 15 is 0 Å². The molecule has 0 aliphatic carbocycles. The number of benzene rings is 2. The van der Waals surface area contributed by atoms with E-state index < -0.39 is 6.04 Å². The molecule has 0 bridgehead atoms. The number of aryl methyl sites for hydroxylation is 1. The third-order valence-electron chi connectivity index (χ3n) is 5.10. The van der Waals surface area contributed by atoms with Crippen LogP contribution in [-0.2, 0) is 22.6 Å². The lowest BCUT2D eigenvalue weighted by atomic mass is 10.1. The maximum absolute atomic E-state index is 13.2. The number of carbonyl (C=O) groups excluding carboxylic acids is 2. The lowest BCUT2D eigenvalue weighted by Gasteiger charge is -2.29. The van der Waals surface area contributed by atoms with Crippen molar-refractivity contribution in [1.82, 2.24) is 10.2 Å². The topological polar surface area (TPSA) is 67.9 Å². The summed E-state index contributed by atoms with van der Waals surface area (Å²) in [5.74, 6) is 1.18. The molecule has 0 spiro atoms. The van der Waals surface area contributed by atoms with Crippen molar-refractivity contribution in [3.8, 4) is 11.5 Å². The Balaban J connectivity index is 1.71. The maximum Gasteiger partial charge on any atom is 0.242 e. The van der Waals surface area contributed by atoms with Crippen molar-refractivity contribution in [2.45, 2.75) is 52.2 Å². The molecule has 1 heterocycles. The molecule has 2 aromatic rings. The standard InChI is InChI=1S/C24H29ClN2O4/c1-16(2)26-24(29)17(3)27(15-19-4-8-20(25)9-5-19)23(28)11-7-18-6-10-21-22(14-18)31-13-12-30-21/h4-6,8-10,14,16-17H,7,11-13,15H2,1-3H3,(H,26,29)/t17-/m0/s1. The van der Waals surface area contributed by atoms with Crippen molar-refractivity contribution in [1.29, 1.82) is 0 Å². The fourth-order valence-corrected chi connectivity index (χ4v) is 3.54. The van der Waals surface area contributed by atoms with Gasteiger partial charge in [0.25, 0.3) is 0 Å². The minimum Gasteiger partial charge on any atom is -0.486 e. The lowest BCUT2D eigenvalue weighted by molar-refractivity contribution is -0.140.